The summed E-state index contributed by atoms with van der Waals surface area (Å²) in [7, 11) is 0. The minimum absolute atomic E-state index is 0.402. The van der Waals surface area contributed by atoms with Crippen molar-refractivity contribution in [1.82, 2.24) is 4.98 Å². The summed E-state index contributed by atoms with van der Waals surface area (Å²) in [6.07, 6.45) is 1.85. The third kappa shape index (κ3) is 6.21. The van der Waals surface area contributed by atoms with E-state index in [4.69, 9.17) is 21.1 Å². The van der Waals surface area contributed by atoms with Gasteiger partial charge in [-0.2, -0.15) is 5.26 Å². The molecule has 1 aromatic heterocycles. The predicted octanol–water partition coefficient (Wildman–Crippen LogP) is 8.19. The first-order valence-corrected chi connectivity index (χ1v) is 13.1. The van der Waals surface area contributed by atoms with Crippen molar-refractivity contribution in [3.05, 3.63) is 85.3 Å². The Balaban J connectivity index is 1.57. The molecule has 0 aliphatic carbocycles. The molecule has 0 N–H and O–H groups in total. The molecule has 0 aliphatic heterocycles. The third-order valence-electron chi connectivity index (χ3n) is 4.51. The SMILES string of the molecule is CCOc1cc(/C=C(\C#N)Sc2nc3ccccc3s2)cc(I)c1OCc1ccc(Cl)cc1. The van der Waals surface area contributed by atoms with Gasteiger partial charge in [-0.15, -0.1) is 11.3 Å². The number of allylic oxidation sites excluding steroid dienone is 1. The van der Waals surface area contributed by atoms with Crippen LogP contribution in [0.15, 0.2) is 69.9 Å². The zero-order valence-corrected chi connectivity index (χ0v) is 22.1. The van der Waals surface area contributed by atoms with E-state index in [0.29, 0.717) is 34.6 Å². The van der Waals surface area contributed by atoms with Gasteiger partial charge in [-0.05, 0) is 94.9 Å². The van der Waals surface area contributed by atoms with Gasteiger partial charge in [0.05, 0.1) is 25.3 Å². The lowest BCUT2D eigenvalue weighted by molar-refractivity contribution is 0.267. The van der Waals surface area contributed by atoms with Gasteiger partial charge in [0.1, 0.15) is 12.7 Å². The summed E-state index contributed by atoms with van der Waals surface area (Å²) in [5.74, 6) is 1.33. The highest BCUT2D eigenvalue weighted by Crippen LogP contribution is 2.38. The number of thiazole rings is 1. The van der Waals surface area contributed by atoms with E-state index in [0.717, 1.165) is 29.3 Å². The maximum Gasteiger partial charge on any atom is 0.175 e. The minimum Gasteiger partial charge on any atom is -0.490 e. The van der Waals surface area contributed by atoms with Gasteiger partial charge in [0, 0.05) is 5.02 Å². The summed E-state index contributed by atoms with van der Waals surface area (Å²) < 4.78 is 14.8. The number of nitrogens with zero attached hydrogens (tertiary/aromatic N) is 2. The lowest BCUT2D eigenvalue weighted by atomic mass is 10.2. The topological polar surface area (TPSA) is 55.1 Å². The van der Waals surface area contributed by atoms with E-state index in [1.54, 1.807) is 11.3 Å². The standard InChI is InChI=1S/C25H18ClIN2O2S2/c1-2-30-22-13-17(12-20(27)24(22)31-15-16-7-9-18(26)10-8-16)11-19(14-28)32-25-29-21-5-3-4-6-23(21)33-25/h3-13H,2,15H2,1H3/b19-11+. The Hall–Kier alpha value is -2.25. The molecule has 0 radical (unpaired) electrons. The fraction of sp³-hybridized carbons (Fsp3) is 0.120. The molecular formula is C25H18ClIN2O2S2. The van der Waals surface area contributed by atoms with Gasteiger partial charge in [0.2, 0.25) is 0 Å². The number of benzene rings is 3. The van der Waals surface area contributed by atoms with Gasteiger partial charge in [0.25, 0.3) is 0 Å². The number of ether oxygens (including phenoxy) is 2. The molecule has 4 rings (SSSR count). The van der Waals surface area contributed by atoms with Crippen LogP contribution in [0.25, 0.3) is 16.3 Å². The molecule has 0 amide bonds. The van der Waals surface area contributed by atoms with Crippen LogP contribution in [0.2, 0.25) is 5.02 Å². The van der Waals surface area contributed by atoms with E-state index in [2.05, 4.69) is 33.6 Å². The number of halogens is 2. The van der Waals surface area contributed by atoms with Gasteiger partial charge in [-0.1, -0.05) is 35.9 Å². The van der Waals surface area contributed by atoms with E-state index < -0.39 is 0 Å². The molecule has 0 fully saturated rings. The zero-order valence-electron chi connectivity index (χ0n) is 17.5. The normalized spacial score (nSPS) is 11.4. The van der Waals surface area contributed by atoms with Crippen molar-refractivity contribution >= 4 is 73.6 Å². The molecule has 0 atom stereocenters. The molecular weight excluding hydrogens is 587 g/mol. The van der Waals surface area contributed by atoms with Gasteiger partial charge in [0.15, 0.2) is 15.8 Å². The smallest absolute Gasteiger partial charge is 0.175 e. The molecule has 4 nitrogen and oxygen atoms in total. The Morgan fingerprint density at radius 1 is 1.18 bits per heavy atom. The second-order valence-corrected chi connectivity index (χ2v) is 10.8. The highest BCUT2D eigenvalue weighted by atomic mass is 127. The highest BCUT2D eigenvalue weighted by Gasteiger charge is 2.14. The van der Waals surface area contributed by atoms with Crippen molar-refractivity contribution in [2.24, 2.45) is 0 Å². The number of para-hydroxylation sites is 1. The Labute approximate surface area is 219 Å². The van der Waals surface area contributed by atoms with Crippen molar-refractivity contribution in [2.75, 3.05) is 6.61 Å². The average molecular weight is 605 g/mol. The summed E-state index contributed by atoms with van der Waals surface area (Å²) in [5.41, 5.74) is 2.82. The lowest BCUT2D eigenvalue weighted by Gasteiger charge is -2.15. The second kappa shape index (κ2) is 11.3. The van der Waals surface area contributed by atoms with Crippen LogP contribution >= 0.6 is 57.3 Å². The summed E-state index contributed by atoms with van der Waals surface area (Å²) in [6, 6.07) is 21.7. The molecule has 0 saturated carbocycles. The van der Waals surface area contributed by atoms with E-state index >= 15 is 0 Å². The fourth-order valence-electron chi connectivity index (χ4n) is 3.04. The average Bonchev–Trinajstić information content (AvgIpc) is 3.22. The number of hydrogen-bond acceptors (Lipinski definition) is 6. The molecule has 0 aliphatic rings. The second-order valence-electron chi connectivity index (χ2n) is 6.85. The Kier molecular flexibility index (Phi) is 8.15. The first-order chi connectivity index (χ1) is 16.1. The molecule has 4 aromatic rings. The Morgan fingerprint density at radius 3 is 2.70 bits per heavy atom. The van der Waals surface area contributed by atoms with Gasteiger partial charge < -0.3 is 9.47 Å². The van der Waals surface area contributed by atoms with Gasteiger partial charge in [-0.3, -0.25) is 0 Å². The Bertz CT molecular complexity index is 1310. The zero-order chi connectivity index (χ0) is 23.2. The van der Waals surface area contributed by atoms with E-state index in [1.165, 1.54) is 11.8 Å². The van der Waals surface area contributed by atoms with Crippen LogP contribution in [0.3, 0.4) is 0 Å². The lowest BCUT2D eigenvalue weighted by Crippen LogP contribution is -2.02. The molecule has 0 spiro atoms. The van der Waals surface area contributed by atoms with Crippen LogP contribution in [-0.2, 0) is 6.61 Å². The van der Waals surface area contributed by atoms with Crippen LogP contribution < -0.4 is 9.47 Å². The summed E-state index contributed by atoms with van der Waals surface area (Å²) in [4.78, 5) is 5.17. The number of rotatable bonds is 8. The first-order valence-electron chi connectivity index (χ1n) is 10.0. The van der Waals surface area contributed by atoms with Crippen molar-refractivity contribution < 1.29 is 9.47 Å². The molecule has 0 bridgehead atoms. The summed E-state index contributed by atoms with van der Waals surface area (Å²) >= 11 is 11.2. The van der Waals surface area contributed by atoms with Crippen molar-refractivity contribution in [3.63, 3.8) is 0 Å². The quantitative estimate of drug-likeness (QED) is 0.115. The van der Waals surface area contributed by atoms with Crippen LogP contribution in [0.5, 0.6) is 11.5 Å². The van der Waals surface area contributed by atoms with Crippen LogP contribution in [0.4, 0.5) is 0 Å². The molecule has 8 heteroatoms. The molecule has 0 saturated heterocycles. The molecule has 1 heterocycles. The maximum absolute atomic E-state index is 9.72. The molecule has 3 aromatic carbocycles. The van der Waals surface area contributed by atoms with Crippen molar-refractivity contribution in [1.29, 1.82) is 5.26 Å². The molecule has 33 heavy (non-hydrogen) atoms. The number of nitriles is 1. The summed E-state index contributed by atoms with van der Waals surface area (Å²) in [6.45, 7) is 2.84. The van der Waals surface area contributed by atoms with E-state index in [9.17, 15) is 5.26 Å². The highest BCUT2D eigenvalue weighted by molar-refractivity contribution is 14.1. The number of fused-ring (bicyclic) bond motifs is 1. The van der Waals surface area contributed by atoms with Gasteiger partial charge >= 0.3 is 0 Å². The fourth-order valence-corrected chi connectivity index (χ4v) is 5.92. The first kappa shape index (κ1) is 23.9. The van der Waals surface area contributed by atoms with E-state index in [-0.39, 0.29) is 0 Å². The van der Waals surface area contributed by atoms with Crippen molar-refractivity contribution in [2.45, 2.75) is 17.9 Å². The maximum atomic E-state index is 9.72. The van der Waals surface area contributed by atoms with Gasteiger partial charge in [-0.25, -0.2) is 4.98 Å². The number of aromatic nitrogens is 1. The largest absolute Gasteiger partial charge is 0.490 e. The Morgan fingerprint density at radius 2 is 1.97 bits per heavy atom. The number of hydrogen-bond donors (Lipinski definition) is 0. The third-order valence-corrected chi connectivity index (χ3v) is 7.59. The van der Waals surface area contributed by atoms with E-state index in [1.807, 2.05) is 73.7 Å². The van der Waals surface area contributed by atoms with Crippen LogP contribution in [0, 0.1) is 14.9 Å². The minimum atomic E-state index is 0.402. The summed E-state index contributed by atoms with van der Waals surface area (Å²) in [5, 5.41) is 10.4. The molecule has 166 valence electrons. The van der Waals surface area contributed by atoms with Crippen LogP contribution in [0.1, 0.15) is 18.1 Å². The van der Waals surface area contributed by atoms with Crippen molar-refractivity contribution in [3.8, 4) is 17.6 Å². The number of thioether (sulfide) groups is 1. The van der Waals surface area contributed by atoms with Crippen LogP contribution in [-0.4, -0.2) is 11.6 Å². The molecule has 0 unspecified atom stereocenters. The predicted molar refractivity (Wildman–Crippen MR) is 145 cm³/mol. The monoisotopic (exact) mass is 604 g/mol.